The molecule has 2 saturated carbocycles. The number of carbonyl (C=O) groups excluding carboxylic acids is 1. The van der Waals surface area contributed by atoms with Crippen molar-refractivity contribution >= 4 is 11.6 Å². The normalized spacial score (nSPS) is 24.4. The Hall–Kier alpha value is -2.70. The highest BCUT2D eigenvalue weighted by Gasteiger charge is 2.57. The van der Waals surface area contributed by atoms with E-state index in [1.54, 1.807) is 12.3 Å². The molecule has 1 aliphatic heterocycles. The molecule has 182 valence electrons. The Balaban J connectivity index is 1.09. The van der Waals surface area contributed by atoms with Gasteiger partial charge >= 0.3 is 0 Å². The Morgan fingerprint density at radius 3 is 2.50 bits per heavy atom. The first-order chi connectivity index (χ1) is 16.4. The van der Waals surface area contributed by atoms with E-state index in [1.807, 2.05) is 37.3 Å². The van der Waals surface area contributed by atoms with Crippen molar-refractivity contribution in [2.45, 2.75) is 63.4 Å². The molecule has 3 unspecified atom stereocenters. The number of hydrogen-bond acceptors (Lipinski definition) is 5. The third kappa shape index (κ3) is 5.34. The van der Waals surface area contributed by atoms with Gasteiger partial charge in [0, 0.05) is 31.7 Å². The van der Waals surface area contributed by atoms with Crippen LogP contribution in [0.5, 0.6) is 11.5 Å². The Bertz CT molecular complexity index is 992. The zero-order valence-corrected chi connectivity index (χ0v) is 19.6. The van der Waals surface area contributed by atoms with Gasteiger partial charge in [-0.05, 0) is 35.7 Å². The van der Waals surface area contributed by atoms with Gasteiger partial charge in [0.25, 0.3) is 5.92 Å². The van der Waals surface area contributed by atoms with Gasteiger partial charge in [-0.1, -0.05) is 38.3 Å². The lowest BCUT2D eigenvalue weighted by Crippen LogP contribution is -2.25. The summed E-state index contributed by atoms with van der Waals surface area (Å²) < 4.78 is 37.6. The number of ether oxygens (including phenoxy) is 2. The molecule has 3 aliphatic rings. The van der Waals surface area contributed by atoms with Crippen LogP contribution in [0.2, 0.25) is 0 Å². The summed E-state index contributed by atoms with van der Waals surface area (Å²) in [6.07, 6.45) is 6.79. The molecule has 1 saturated heterocycles. The number of hydrogen-bond donors (Lipinski definition) is 0. The van der Waals surface area contributed by atoms with Crippen LogP contribution in [0.4, 0.5) is 14.6 Å². The van der Waals surface area contributed by atoms with E-state index in [2.05, 4.69) is 9.88 Å². The van der Waals surface area contributed by atoms with E-state index >= 15 is 0 Å². The minimum Gasteiger partial charge on any atom is -0.491 e. The molecule has 0 spiro atoms. The topological polar surface area (TPSA) is 51.7 Å². The number of benzene rings is 1. The van der Waals surface area contributed by atoms with Crippen LogP contribution in [-0.4, -0.2) is 42.5 Å². The third-order valence-corrected chi connectivity index (χ3v) is 7.48. The predicted molar refractivity (Wildman–Crippen MR) is 126 cm³/mol. The van der Waals surface area contributed by atoms with Crippen LogP contribution in [-0.2, 0) is 4.79 Å². The average Bonchev–Trinajstić information content (AvgIpc) is 3.18. The second kappa shape index (κ2) is 9.51. The number of nitrogens with zero attached hydrogens (tertiary/aromatic N) is 2. The van der Waals surface area contributed by atoms with Crippen molar-refractivity contribution in [2.75, 3.05) is 24.6 Å². The van der Waals surface area contributed by atoms with Crippen molar-refractivity contribution in [3.05, 3.63) is 48.2 Å². The zero-order valence-electron chi connectivity index (χ0n) is 19.6. The molecule has 3 fully saturated rings. The van der Waals surface area contributed by atoms with Crippen LogP contribution in [0.3, 0.4) is 0 Å². The first-order valence-electron chi connectivity index (χ1n) is 12.4. The van der Waals surface area contributed by atoms with Gasteiger partial charge in [0.05, 0.1) is 25.3 Å². The summed E-state index contributed by atoms with van der Waals surface area (Å²) in [5.74, 6) is -0.241. The largest absolute Gasteiger partial charge is 0.491 e. The van der Waals surface area contributed by atoms with E-state index in [4.69, 9.17) is 9.47 Å². The maximum atomic E-state index is 13.0. The molecule has 0 radical (unpaired) electrons. The molecule has 3 atom stereocenters. The lowest BCUT2D eigenvalue weighted by atomic mass is 9.79. The van der Waals surface area contributed by atoms with Crippen LogP contribution in [0.1, 0.15) is 56.9 Å². The van der Waals surface area contributed by atoms with Gasteiger partial charge < -0.3 is 14.4 Å². The Labute approximate surface area is 199 Å². The number of Topliss-reactive ketones (excluding diaryl/α,β-unsaturated/α-hetero) is 1. The minimum absolute atomic E-state index is 0.0277. The van der Waals surface area contributed by atoms with E-state index < -0.39 is 11.8 Å². The lowest BCUT2D eigenvalue weighted by molar-refractivity contribution is -0.121. The van der Waals surface area contributed by atoms with Gasteiger partial charge in [0.15, 0.2) is 0 Å². The quantitative estimate of drug-likeness (QED) is 0.450. The molecule has 0 amide bonds. The number of anilines is 1. The van der Waals surface area contributed by atoms with Crippen molar-refractivity contribution < 1.29 is 23.0 Å². The molecule has 1 aromatic heterocycles. The second-order valence-electron chi connectivity index (χ2n) is 10.1. The number of alkyl halides is 2. The lowest BCUT2D eigenvalue weighted by Gasteiger charge is -2.25. The van der Waals surface area contributed by atoms with Crippen molar-refractivity contribution in [2.24, 2.45) is 11.8 Å². The summed E-state index contributed by atoms with van der Waals surface area (Å²) in [7, 11) is 0. The monoisotopic (exact) mass is 470 g/mol. The van der Waals surface area contributed by atoms with Crippen LogP contribution >= 0.6 is 0 Å². The Morgan fingerprint density at radius 2 is 1.88 bits per heavy atom. The first-order valence-corrected chi connectivity index (χ1v) is 12.4. The summed E-state index contributed by atoms with van der Waals surface area (Å²) >= 11 is 0. The summed E-state index contributed by atoms with van der Waals surface area (Å²) in [4.78, 5) is 19.1. The molecule has 5 nitrogen and oxygen atoms in total. The summed E-state index contributed by atoms with van der Waals surface area (Å²) in [5, 5.41) is 0. The maximum Gasteiger partial charge on any atom is 0.255 e. The molecule has 2 heterocycles. The smallest absolute Gasteiger partial charge is 0.255 e. The van der Waals surface area contributed by atoms with E-state index in [0.717, 1.165) is 36.6 Å². The van der Waals surface area contributed by atoms with E-state index in [9.17, 15) is 13.6 Å². The molecule has 7 heteroatoms. The maximum absolute atomic E-state index is 13.0. The molecule has 2 aliphatic carbocycles. The standard InChI is InChI=1S/C27H32F2N2O3/c1-18(25(32)13-19-3-2-4-19)20-5-7-22(8-6-20)34-24-11-12-31(16-24)26-10-9-23(15-30-26)33-17-21-14-27(21,28)29/h5-10,15,18-19,21,24H,2-4,11-14,16-17H2,1H3. The van der Waals surface area contributed by atoms with Crippen LogP contribution < -0.4 is 14.4 Å². The molecule has 0 N–H and O–H groups in total. The average molecular weight is 471 g/mol. The molecule has 5 rings (SSSR count). The van der Waals surface area contributed by atoms with Gasteiger partial charge in [-0.3, -0.25) is 4.79 Å². The minimum atomic E-state index is -2.57. The molecule has 1 aromatic carbocycles. The number of rotatable bonds is 10. The molecule has 0 bridgehead atoms. The number of ketones is 1. The third-order valence-electron chi connectivity index (χ3n) is 7.48. The van der Waals surface area contributed by atoms with Crippen molar-refractivity contribution in [1.82, 2.24) is 4.98 Å². The fraction of sp³-hybridized carbons (Fsp3) is 0.556. The van der Waals surface area contributed by atoms with Gasteiger partial charge in [0.2, 0.25) is 0 Å². The highest BCUT2D eigenvalue weighted by Crippen LogP contribution is 2.48. The number of pyridine rings is 1. The first kappa shape index (κ1) is 23.1. The Kier molecular flexibility index (Phi) is 6.45. The highest BCUT2D eigenvalue weighted by atomic mass is 19.3. The van der Waals surface area contributed by atoms with Gasteiger partial charge in [-0.25, -0.2) is 13.8 Å². The van der Waals surface area contributed by atoms with Crippen molar-refractivity contribution in [3.8, 4) is 11.5 Å². The number of carbonyl (C=O) groups is 1. The van der Waals surface area contributed by atoms with Crippen LogP contribution in [0.25, 0.3) is 0 Å². The summed E-state index contributed by atoms with van der Waals surface area (Å²) in [6.45, 7) is 3.58. The number of halogens is 2. The zero-order chi connectivity index (χ0) is 23.7. The van der Waals surface area contributed by atoms with Crippen molar-refractivity contribution in [3.63, 3.8) is 0 Å². The highest BCUT2D eigenvalue weighted by molar-refractivity contribution is 5.85. The SMILES string of the molecule is CC(C(=O)CC1CCC1)c1ccc(OC2CCN(c3ccc(OCC4CC4(F)F)cn3)C2)cc1. The van der Waals surface area contributed by atoms with Crippen molar-refractivity contribution in [1.29, 1.82) is 0 Å². The summed E-state index contributed by atoms with van der Waals surface area (Å²) in [6, 6.07) is 11.6. The molecule has 34 heavy (non-hydrogen) atoms. The van der Waals surface area contributed by atoms with Crippen LogP contribution in [0.15, 0.2) is 42.6 Å². The van der Waals surface area contributed by atoms with Crippen LogP contribution in [0, 0.1) is 11.8 Å². The predicted octanol–water partition coefficient (Wildman–Crippen LogP) is 5.64. The van der Waals surface area contributed by atoms with E-state index in [0.29, 0.717) is 23.9 Å². The van der Waals surface area contributed by atoms with E-state index in [-0.39, 0.29) is 25.0 Å². The second-order valence-corrected chi connectivity index (χ2v) is 10.1. The molecular weight excluding hydrogens is 438 g/mol. The molecule has 2 aromatic rings. The molecular formula is C27H32F2N2O3. The van der Waals surface area contributed by atoms with Gasteiger partial charge in [-0.15, -0.1) is 0 Å². The van der Waals surface area contributed by atoms with Gasteiger partial charge in [-0.2, -0.15) is 0 Å². The fourth-order valence-electron chi connectivity index (χ4n) is 4.70. The number of aromatic nitrogens is 1. The fourth-order valence-corrected chi connectivity index (χ4v) is 4.70. The van der Waals surface area contributed by atoms with Gasteiger partial charge in [0.1, 0.15) is 29.2 Å². The summed E-state index contributed by atoms with van der Waals surface area (Å²) in [5.41, 5.74) is 1.04. The Morgan fingerprint density at radius 1 is 1.15 bits per heavy atom. The van der Waals surface area contributed by atoms with E-state index in [1.165, 1.54) is 19.3 Å².